The van der Waals surface area contributed by atoms with Gasteiger partial charge in [0.15, 0.2) is 0 Å². The van der Waals surface area contributed by atoms with Gasteiger partial charge in [-0.2, -0.15) is 0 Å². The van der Waals surface area contributed by atoms with Gasteiger partial charge in [-0.05, 0) is 32.5 Å². The van der Waals surface area contributed by atoms with Crippen molar-refractivity contribution in [3.63, 3.8) is 0 Å². The first-order chi connectivity index (χ1) is 10.0. The van der Waals surface area contributed by atoms with Crippen molar-refractivity contribution in [1.29, 1.82) is 0 Å². The van der Waals surface area contributed by atoms with Crippen LogP contribution >= 0.6 is 0 Å². The Bertz CT molecular complexity index is 448. The van der Waals surface area contributed by atoms with E-state index in [2.05, 4.69) is 10.1 Å². The van der Waals surface area contributed by atoms with Gasteiger partial charge in [-0.15, -0.1) is 0 Å². The number of carbonyl (C=O) groups excluding carboxylic acids is 2. The van der Waals surface area contributed by atoms with Crippen molar-refractivity contribution >= 4 is 11.9 Å². The Kier molecular flexibility index (Phi) is 7.46. The minimum absolute atomic E-state index is 0.0119. The fourth-order valence-electron chi connectivity index (χ4n) is 2.03. The lowest BCUT2D eigenvalue weighted by atomic mass is 10.1. The molecule has 0 aromatic heterocycles. The summed E-state index contributed by atoms with van der Waals surface area (Å²) < 4.78 is 4.58. The van der Waals surface area contributed by atoms with Crippen LogP contribution in [0.15, 0.2) is 30.3 Å². The molecule has 1 rings (SSSR count). The number of carbonyl (C=O) groups is 2. The molecule has 0 saturated carbocycles. The van der Waals surface area contributed by atoms with Crippen molar-refractivity contribution in [2.75, 3.05) is 27.2 Å². The van der Waals surface area contributed by atoms with Gasteiger partial charge in [0.1, 0.15) is 0 Å². The molecule has 0 aliphatic heterocycles. The predicted molar refractivity (Wildman–Crippen MR) is 81.7 cm³/mol. The molecule has 5 heteroatoms. The maximum atomic E-state index is 11.9. The van der Waals surface area contributed by atoms with E-state index in [1.165, 1.54) is 7.11 Å². The van der Waals surface area contributed by atoms with Crippen LogP contribution < -0.4 is 5.32 Å². The summed E-state index contributed by atoms with van der Waals surface area (Å²) in [4.78, 5) is 24.8. The van der Waals surface area contributed by atoms with Gasteiger partial charge >= 0.3 is 5.97 Å². The van der Waals surface area contributed by atoms with Gasteiger partial charge in [0.2, 0.25) is 5.91 Å². The Morgan fingerprint density at radius 2 is 1.95 bits per heavy atom. The lowest BCUT2D eigenvalue weighted by Crippen LogP contribution is -2.36. The van der Waals surface area contributed by atoms with Crippen LogP contribution in [-0.4, -0.2) is 44.0 Å². The molecular weight excluding hydrogens is 268 g/mol. The van der Waals surface area contributed by atoms with Gasteiger partial charge in [0, 0.05) is 6.42 Å². The molecule has 5 nitrogen and oxygen atoms in total. The van der Waals surface area contributed by atoms with Crippen molar-refractivity contribution in [2.24, 2.45) is 0 Å². The zero-order chi connectivity index (χ0) is 15.7. The number of amides is 1. The van der Waals surface area contributed by atoms with E-state index in [9.17, 15) is 9.59 Å². The molecule has 1 aromatic rings. The lowest BCUT2D eigenvalue weighted by Gasteiger charge is -2.19. The molecular formula is C16H24N2O3. The summed E-state index contributed by atoms with van der Waals surface area (Å²) in [5.74, 6) is -0.238. The summed E-state index contributed by atoms with van der Waals surface area (Å²) in [6.45, 7) is 2.96. The van der Waals surface area contributed by atoms with E-state index in [0.717, 1.165) is 5.56 Å². The van der Waals surface area contributed by atoms with Crippen molar-refractivity contribution in [1.82, 2.24) is 10.2 Å². The number of nitrogens with zero attached hydrogens (tertiary/aromatic N) is 1. The Morgan fingerprint density at radius 3 is 2.57 bits per heavy atom. The number of nitrogens with one attached hydrogen (secondary N) is 1. The van der Waals surface area contributed by atoms with E-state index in [4.69, 9.17) is 0 Å². The zero-order valence-corrected chi connectivity index (χ0v) is 13.0. The smallest absolute Gasteiger partial charge is 0.305 e. The maximum Gasteiger partial charge on any atom is 0.305 e. The van der Waals surface area contributed by atoms with Crippen molar-refractivity contribution in [3.8, 4) is 0 Å². The van der Waals surface area contributed by atoms with Crippen molar-refractivity contribution in [3.05, 3.63) is 35.9 Å². The molecule has 1 unspecified atom stereocenters. The number of esters is 1. The molecule has 0 fully saturated rings. The van der Waals surface area contributed by atoms with Crippen LogP contribution in [0.25, 0.3) is 0 Å². The summed E-state index contributed by atoms with van der Waals surface area (Å²) in [5, 5.41) is 2.97. The molecule has 116 valence electrons. The molecule has 0 saturated heterocycles. The third-order valence-electron chi connectivity index (χ3n) is 3.24. The number of rotatable bonds is 8. The van der Waals surface area contributed by atoms with Crippen LogP contribution in [0.1, 0.15) is 31.4 Å². The average molecular weight is 292 g/mol. The molecule has 21 heavy (non-hydrogen) atoms. The van der Waals surface area contributed by atoms with E-state index < -0.39 is 0 Å². The highest BCUT2D eigenvalue weighted by atomic mass is 16.5. The summed E-state index contributed by atoms with van der Waals surface area (Å²) in [6.07, 6.45) is 1.06. The van der Waals surface area contributed by atoms with E-state index in [1.54, 1.807) is 0 Å². The number of methoxy groups -OCH3 is 1. The quantitative estimate of drug-likeness (QED) is 0.742. The Labute approximate surface area is 126 Å². The summed E-state index contributed by atoms with van der Waals surface area (Å²) in [6, 6.07) is 9.83. The molecule has 0 heterocycles. The standard InChI is InChI=1S/C16H24N2O3/c1-13(14-8-5-4-6-9-14)17-15(19)12-18(2)11-7-10-16(20)21-3/h4-6,8-9,13H,7,10-12H2,1-3H3,(H,17,19). The first-order valence-corrected chi connectivity index (χ1v) is 7.12. The van der Waals surface area contributed by atoms with Crippen LogP contribution in [0, 0.1) is 0 Å². The van der Waals surface area contributed by atoms with E-state index >= 15 is 0 Å². The highest BCUT2D eigenvalue weighted by Crippen LogP contribution is 2.10. The SMILES string of the molecule is COC(=O)CCCN(C)CC(=O)NC(C)c1ccccc1. The third kappa shape index (κ3) is 6.90. The average Bonchev–Trinajstić information content (AvgIpc) is 2.47. The zero-order valence-electron chi connectivity index (χ0n) is 13.0. The number of hydrogen-bond donors (Lipinski definition) is 1. The Morgan fingerprint density at radius 1 is 1.29 bits per heavy atom. The second-order valence-electron chi connectivity index (χ2n) is 5.12. The second kappa shape index (κ2) is 9.13. The minimum atomic E-state index is -0.217. The largest absolute Gasteiger partial charge is 0.469 e. The maximum absolute atomic E-state index is 11.9. The molecule has 0 aliphatic carbocycles. The Hall–Kier alpha value is -1.88. The van der Waals surface area contributed by atoms with Gasteiger partial charge in [-0.3, -0.25) is 14.5 Å². The normalized spacial score (nSPS) is 12.0. The van der Waals surface area contributed by atoms with Crippen LogP contribution in [0.3, 0.4) is 0 Å². The Balaban J connectivity index is 2.28. The van der Waals surface area contributed by atoms with Gasteiger partial charge in [-0.1, -0.05) is 30.3 Å². The van der Waals surface area contributed by atoms with Gasteiger partial charge < -0.3 is 10.1 Å². The summed E-state index contributed by atoms with van der Waals surface area (Å²) in [7, 11) is 3.24. The summed E-state index contributed by atoms with van der Waals surface area (Å²) >= 11 is 0. The molecule has 0 radical (unpaired) electrons. The van der Waals surface area contributed by atoms with Crippen LogP contribution in [0.2, 0.25) is 0 Å². The van der Waals surface area contributed by atoms with E-state index in [-0.39, 0.29) is 17.9 Å². The fraction of sp³-hybridized carbons (Fsp3) is 0.500. The number of hydrogen-bond acceptors (Lipinski definition) is 4. The molecule has 0 spiro atoms. The highest BCUT2D eigenvalue weighted by Gasteiger charge is 2.11. The number of benzene rings is 1. The van der Waals surface area contributed by atoms with Crippen molar-refractivity contribution < 1.29 is 14.3 Å². The molecule has 0 aliphatic rings. The first-order valence-electron chi connectivity index (χ1n) is 7.12. The first kappa shape index (κ1) is 17.2. The van der Waals surface area contributed by atoms with Crippen LogP contribution in [-0.2, 0) is 14.3 Å². The van der Waals surface area contributed by atoms with E-state index in [1.807, 2.05) is 49.2 Å². The van der Waals surface area contributed by atoms with Gasteiger partial charge in [0.05, 0.1) is 19.7 Å². The second-order valence-corrected chi connectivity index (χ2v) is 5.12. The molecule has 1 N–H and O–H groups in total. The monoisotopic (exact) mass is 292 g/mol. The third-order valence-corrected chi connectivity index (χ3v) is 3.24. The minimum Gasteiger partial charge on any atom is -0.469 e. The van der Waals surface area contributed by atoms with E-state index in [0.29, 0.717) is 25.9 Å². The van der Waals surface area contributed by atoms with Crippen molar-refractivity contribution in [2.45, 2.75) is 25.8 Å². The fourth-order valence-corrected chi connectivity index (χ4v) is 2.03. The molecule has 0 bridgehead atoms. The predicted octanol–water partition coefficient (Wildman–Crippen LogP) is 1.75. The topological polar surface area (TPSA) is 58.6 Å². The number of likely N-dealkylation sites (N-methyl/N-ethyl adjacent to an activating group) is 1. The summed E-state index contributed by atoms with van der Waals surface area (Å²) in [5.41, 5.74) is 1.08. The number of ether oxygens (including phenoxy) is 1. The molecule has 1 amide bonds. The van der Waals surface area contributed by atoms with Gasteiger partial charge in [0.25, 0.3) is 0 Å². The highest BCUT2D eigenvalue weighted by molar-refractivity contribution is 5.78. The van der Waals surface area contributed by atoms with Crippen LogP contribution in [0.4, 0.5) is 0 Å². The molecule has 1 atom stereocenters. The molecule has 1 aromatic carbocycles. The van der Waals surface area contributed by atoms with Crippen LogP contribution in [0.5, 0.6) is 0 Å². The lowest BCUT2D eigenvalue weighted by molar-refractivity contribution is -0.140. The van der Waals surface area contributed by atoms with Gasteiger partial charge in [-0.25, -0.2) is 0 Å².